The maximum absolute atomic E-state index is 11.3. The predicted molar refractivity (Wildman–Crippen MR) is 120 cm³/mol. The lowest BCUT2D eigenvalue weighted by molar-refractivity contribution is -0.135. The molecule has 150 valence electrons. The first-order chi connectivity index (χ1) is 14.1. The second-order valence-corrected chi connectivity index (χ2v) is 7.52. The van der Waals surface area contributed by atoms with Crippen LogP contribution in [-0.2, 0) is 9.53 Å². The standard InChI is InChI=1S/C12H13N3O2S.C7H7N3S/c1-3-17-12(16)8(2)14-15-9-4-5-11-10(6-9)13-7-18-11;8-10-5-1-2-7-6(3-5)9-4-11-7/h4-7,15H,3H2,1-2H3;1-4,10H,8H2/b14-8-;. The van der Waals surface area contributed by atoms with Gasteiger partial charge in [-0.1, -0.05) is 0 Å². The number of nitrogens with two attached hydrogens (primary N) is 1. The Morgan fingerprint density at radius 2 is 1.66 bits per heavy atom. The second-order valence-electron chi connectivity index (χ2n) is 5.74. The Hall–Kier alpha value is -3.08. The summed E-state index contributed by atoms with van der Waals surface area (Å²) in [7, 11) is 0. The van der Waals surface area contributed by atoms with Crippen LogP contribution in [0.4, 0.5) is 11.4 Å². The van der Waals surface area contributed by atoms with E-state index >= 15 is 0 Å². The van der Waals surface area contributed by atoms with Crippen LogP contribution in [0.15, 0.2) is 52.5 Å². The lowest BCUT2D eigenvalue weighted by Gasteiger charge is -2.03. The van der Waals surface area contributed by atoms with Crippen molar-refractivity contribution in [2.75, 3.05) is 17.5 Å². The molecule has 0 amide bonds. The van der Waals surface area contributed by atoms with E-state index in [2.05, 4.69) is 25.9 Å². The molecule has 0 saturated carbocycles. The summed E-state index contributed by atoms with van der Waals surface area (Å²) < 4.78 is 7.13. The van der Waals surface area contributed by atoms with Crippen LogP contribution in [0.5, 0.6) is 0 Å². The van der Waals surface area contributed by atoms with Gasteiger partial charge in [-0.05, 0) is 50.2 Å². The molecule has 2 aromatic carbocycles. The summed E-state index contributed by atoms with van der Waals surface area (Å²) in [5, 5.41) is 3.97. The molecule has 4 aromatic rings. The van der Waals surface area contributed by atoms with Crippen molar-refractivity contribution in [3.05, 3.63) is 47.4 Å². The molecule has 2 aromatic heterocycles. The van der Waals surface area contributed by atoms with Gasteiger partial charge in [0.05, 0.1) is 49.4 Å². The molecule has 0 saturated heterocycles. The van der Waals surface area contributed by atoms with Gasteiger partial charge in [-0.3, -0.25) is 11.3 Å². The van der Waals surface area contributed by atoms with Crippen LogP contribution in [0.1, 0.15) is 13.8 Å². The van der Waals surface area contributed by atoms with E-state index in [1.165, 1.54) is 4.70 Å². The molecular formula is C19H20N6O2S2. The molecule has 4 N–H and O–H groups in total. The number of carbonyl (C=O) groups is 1. The number of carbonyl (C=O) groups excluding carboxylic acids is 1. The number of ether oxygens (including phenoxy) is 1. The normalized spacial score (nSPS) is 11.1. The van der Waals surface area contributed by atoms with Crippen LogP contribution in [-0.4, -0.2) is 28.3 Å². The van der Waals surface area contributed by atoms with Gasteiger partial charge < -0.3 is 10.2 Å². The Bertz CT molecular complexity index is 1140. The van der Waals surface area contributed by atoms with Gasteiger partial charge in [0.2, 0.25) is 0 Å². The maximum Gasteiger partial charge on any atom is 0.354 e. The molecule has 0 aliphatic carbocycles. The van der Waals surface area contributed by atoms with Crippen molar-refractivity contribution in [3.63, 3.8) is 0 Å². The Morgan fingerprint density at radius 3 is 2.24 bits per heavy atom. The first-order valence-corrected chi connectivity index (χ1v) is 10.5. The van der Waals surface area contributed by atoms with E-state index in [1.54, 1.807) is 42.0 Å². The van der Waals surface area contributed by atoms with Crippen LogP contribution in [0.3, 0.4) is 0 Å². The topological polar surface area (TPSA) is 115 Å². The van der Waals surface area contributed by atoms with Gasteiger partial charge in [0.1, 0.15) is 5.71 Å². The number of hydrogen-bond donors (Lipinski definition) is 3. The number of hydrazine groups is 1. The summed E-state index contributed by atoms with van der Waals surface area (Å²) in [5.41, 5.74) is 12.9. The third-order valence-corrected chi connectivity index (χ3v) is 5.37. The molecule has 0 atom stereocenters. The van der Waals surface area contributed by atoms with E-state index in [0.29, 0.717) is 6.61 Å². The van der Waals surface area contributed by atoms with Crippen LogP contribution < -0.4 is 16.7 Å². The minimum Gasteiger partial charge on any atom is -0.461 e. The first-order valence-electron chi connectivity index (χ1n) is 8.71. The molecule has 0 aliphatic heterocycles. The number of hydrazone groups is 1. The quantitative estimate of drug-likeness (QED) is 0.189. The number of thiazole rings is 2. The number of benzene rings is 2. The third-order valence-electron chi connectivity index (χ3n) is 3.75. The fourth-order valence-electron chi connectivity index (χ4n) is 2.30. The summed E-state index contributed by atoms with van der Waals surface area (Å²) >= 11 is 3.21. The zero-order valence-electron chi connectivity index (χ0n) is 15.9. The summed E-state index contributed by atoms with van der Waals surface area (Å²) in [4.78, 5) is 19.7. The molecule has 0 spiro atoms. The van der Waals surface area contributed by atoms with Crippen LogP contribution in [0, 0.1) is 0 Å². The fraction of sp³-hybridized carbons (Fsp3) is 0.158. The molecule has 10 heteroatoms. The highest BCUT2D eigenvalue weighted by Crippen LogP contribution is 2.21. The van der Waals surface area contributed by atoms with Crippen LogP contribution in [0.2, 0.25) is 0 Å². The lowest BCUT2D eigenvalue weighted by atomic mass is 10.3. The Labute approximate surface area is 175 Å². The third kappa shape index (κ3) is 5.47. The molecular weight excluding hydrogens is 408 g/mol. The molecule has 8 nitrogen and oxygen atoms in total. The molecule has 2 heterocycles. The lowest BCUT2D eigenvalue weighted by Crippen LogP contribution is -2.15. The Balaban J connectivity index is 0.000000186. The monoisotopic (exact) mass is 428 g/mol. The number of hydrogen-bond acceptors (Lipinski definition) is 10. The fourth-order valence-corrected chi connectivity index (χ4v) is 3.62. The minimum absolute atomic E-state index is 0.287. The van der Waals surface area contributed by atoms with Crippen LogP contribution >= 0.6 is 22.7 Å². The van der Waals surface area contributed by atoms with E-state index in [4.69, 9.17) is 10.6 Å². The van der Waals surface area contributed by atoms with Gasteiger partial charge >= 0.3 is 5.97 Å². The molecule has 0 aliphatic rings. The van der Waals surface area contributed by atoms with Crippen molar-refractivity contribution in [3.8, 4) is 0 Å². The van der Waals surface area contributed by atoms with Gasteiger partial charge in [-0.2, -0.15) is 5.10 Å². The highest BCUT2D eigenvalue weighted by Gasteiger charge is 2.06. The van der Waals surface area contributed by atoms with E-state index in [1.807, 2.05) is 41.9 Å². The zero-order valence-corrected chi connectivity index (χ0v) is 17.5. The summed E-state index contributed by atoms with van der Waals surface area (Å²) in [5.74, 6) is 4.82. The zero-order chi connectivity index (χ0) is 20.6. The predicted octanol–water partition coefficient (Wildman–Crippen LogP) is 4.23. The molecule has 4 rings (SSSR count). The van der Waals surface area contributed by atoms with Crippen molar-refractivity contribution >= 4 is 66.2 Å². The van der Waals surface area contributed by atoms with Gasteiger partial charge in [0, 0.05) is 0 Å². The molecule has 29 heavy (non-hydrogen) atoms. The highest BCUT2D eigenvalue weighted by atomic mass is 32.1. The maximum atomic E-state index is 11.3. The van der Waals surface area contributed by atoms with E-state index in [-0.39, 0.29) is 5.71 Å². The molecule has 0 bridgehead atoms. The second kappa shape index (κ2) is 9.92. The average Bonchev–Trinajstić information content (AvgIpc) is 3.40. The first kappa shape index (κ1) is 20.6. The van der Waals surface area contributed by atoms with Gasteiger partial charge in [-0.25, -0.2) is 14.8 Å². The number of rotatable bonds is 5. The van der Waals surface area contributed by atoms with Crippen molar-refractivity contribution in [1.29, 1.82) is 0 Å². The summed E-state index contributed by atoms with van der Waals surface area (Å²) in [6.07, 6.45) is 0. The number of anilines is 2. The molecule has 0 unspecified atom stereocenters. The van der Waals surface area contributed by atoms with Gasteiger partial charge in [0.25, 0.3) is 0 Å². The molecule has 0 radical (unpaired) electrons. The van der Waals surface area contributed by atoms with E-state index < -0.39 is 5.97 Å². The molecule has 0 fully saturated rings. The van der Waals surface area contributed by atoms with E-state index in [9.17, 15) is 4.79 Å². The number of nitrogens with zero attached hydrogens (tertiary/aromatic N) is 3. The van der Waals surface area contributed by atoms with Crippen molar-refractivity contribution in [2.24, 2.45) is 10.9 Å². The van der Waals surface area contributed by atoms with Crippen LogP contribution in [0.25, 0.3) is 20.4 Å². The van der Waals surface area contributed by atoms with Gasteiger partial charge in [-0.15, -0.1) is 22.7 Å². The number of nitrogens with one attached hydrogen (secondary N) is 2. The Morgan fingerprint density at radius 1 is 1.07 bits per heavy atom. The van der Waals surface area contributed by atoms with E-state index in [0.717, 1.165) is 27.1 Å². The van der Waals surface area contributed by atoms with Crippen molar-refractivity contribution in [1.82, 2.24) is 9.97 Å². The number of aromatic nitrogens is 2. The smallest absolute Gasteiger partial charge is 0.354 e. The minimum atomic E-state index is -0.417. The average molecular weight is 429 g/mol. The number of fused-ring (bicyclic) bond motifs is 2. The summed E-state index contributed by atoms with van der Waals surface area (Å²) in [6.45, 7) is 3.71. The van der Waals surface area contributed by atoms with Crippen molar-refractivity contribution in [2.45, 2.75) is 13.8 Å². The highest BCUT2D eigenvalue weighted by molar-refractivity contribution is 7.17. The Kier molecular flexibility index (Phi) is 7.06. The largest absolute Gasteiger partial charge is 0.461 e. The van der Waals surface area contributed by atoms with Gasteiger partial charge in [0.15, 0.2) is 0 Å². The summed E-state index contributed by atoms with van der Waals surface area (Å²) in [6, 6.07) is 11.6. The SMILES string of the molecule is CCOC(=O)/C(C)=N\Nc1ccc2scnc2c1.NNc1ccc2scnc2c1. The number of nitrogen functional groups attached to an aromatic ring is 1. The van der Waals surface area contributed by atoms with Crippen molar-refractivity contribution < 1.29 is 9.53 Å². The number of esters is 1.